The van der Waals surface area contributed by atoms with Gasteiger partial charge >= 0.3 is 0 Å². The van der Waals surface area contributed by atoms with Crippen LogP contribution in [0.25, 0.3) is 0 Å². The van der Waals surface area contributed by atoms with E-state index in [4.69, 9.17) is 10.8 Å². The van der Waals surface area contributed by atoms with E-state index in [2.05, 4.69) is 18.9 Å². The lowest BCUT2D eigenvalue weighted by atomic mass is 10.1. The molecule has 0 aliphatic heterocycles. The van der Waals surface area contributed by atoms with E-state index in [0.717, 1.165) is 19.6 Å². The Kier molecular flexibility index (Phi) is 6.34. The zero-order valence-corrected chi connectivity index (χ0v) is 8.45. The number of hydrogen-bond acceptors (Lipinski definition) is 3. The van der Waals surface area contributed by atoms with Crippen LogP contribution in [0, 0.1) is 11.8 Å². The Balaban J connectivity index is 3.51. The van der Waals surface area contributed by atoms with Crippen molar-refractivity contribution in [2.45, 2.75) is 13.8 Å². The first kappa shape index (κ1) is 11.9. The highest BCUT2D eigenvalue weighted by atomic mass is 16.3. The molecule has 0 aromatic heterocycles. The number of aliphatic hydroxyl groups excluding tert-OH is 1. The normalized spacial score (nSPS) is 16.5. The van der Waals surface area contributed by atoms with Crippen molar-refractivity contribution in [1.29, 1.82) is 0 Å². The zero-order chi connectivity index (χ0) is 9.56. The molecule has 3 heteroatoms. The first-order valence-electron chi connectivity index (χ1n) is 4.59. The van der Waals surface area contributed by atoms with Crippen molar-refractivity contribution in [3.8, 4) is 0 Å². The molecule has 0 saturated carbocycles. The predicted octanol–water partition coefficient (Wildman–Crippen LogP) is 0.141. The van der Waals surface area contributed by atoms with Crippen LogP contribution in [0.15, 0.2) is 0 Å². The van der Waals surface area contributed by atoms with Gasteiger partial charge in [0.2, 0.25) is 0 Å². The van der Waals surface area contributed by atoms with Crippen LogP contribution in [0.1, 0.15) is 13.8 Å². The summed E-state index contributed by atoms with van der Waals surface area (Å²) >= 11 is 0. The Morgan fingerprint density at radius 2 is 1.75 bits per heavy atom. The van der Waals surface area contributed by atoms with Gasteiger partial charge in [-0.1, -0.05) is 13.8 Å². The molecule has 74 valence electrons. The van der Waals surface area contributed by atoms with Crippen molar-refractivity contribution < 1.29 is 5.11 Å². The third-order valence-corrected chi connectivity index (χ3v) is 1.96. The molecule has 0 aromatic rings. The molecule has 12 heavy (non-hydrogen) atoms. The van der Waals surface area contributed by atoms with Gasteiger partial charge in [-0.2, -0.15) is 0 Å². The van der Waals surface area contributed by atoms with Crippen LogP contribution < -0.4 is 5.73 Å². The Hall–Kier alpha value is -0.120. The summed E-state index contributed by atoms with van der Waals surface area (Å²) in [7, 11) is 2.07. The molecule has 0 spiro atoms. The number of nitrogens with two attached hydrogens (primary N) is 1. The van der Waals surface area contributed by atoms with Crippen molar-refractivity contribution in [2.75, 3.05) is 33.3 Å². The summed E-state index contributed by atoms with van der Waals surface area (Å²) < 4.78 is 0. The first-order valence-corrected chi connectivity index (χ1v) is 4.59. The second-order valence-electron chi connectivity index (χ2n) is 3.85. The van der Waals surface area contributed by atoms with Crippen molar-refractivity contribution in [3.63, 3.8) is 0 Å². The van der Waals surface area contributed by atoms with Crippen molar-refractivity contribution in [3.05, 3.63) is 0 Å². The zero-order valence-electron chi connectivity index (χ0n) is 8.45. The maximum Gasteiger partial charge on any atom is 0.0468 e. The van der Waals surface area contributed by atoms with Gasteiger partial charge < -0.3 is 15.7 Å². The van der Waals surface area contributed by atoms with Gasteiger partial charge in [0.05, 0.1) is 0 Å². The Morgan fingerprint density at radius 3 is 2.17 bits per heavy atom. The van der Waals surface area contributed by atoms with E-state index in [1.165, 1.54) is 0 Å². The standard InChI is InChI=1S/C9H22N2O/c1-8(4-10)5-11(3)6-9(2)7-12/h8-9,12H,4-7,10H2,1-3H3. The van der Waals surface area contributed by atoms with Gasteiger partial charge in [0, 0.05) is 19.7 Å². The molecule has 0 bridgehead atoms. The van der Waals surface area contributed by atoms with Crippen LogP contribution in [0.5, 0.6) is 0 Å². The van der Waals surface area contributed by atoms with Gasteiger partial charge in [-0.05, 0) is 25.4 Å². The molecule has 0 radical (unpaired) electrons. The highest BCUT2D eigenvalue weighted by Gasteiger charge is 2.07. The summed E-state index contributed by atoms with van der Waals surface area (Å²) in [6, 6.07) is 0. The van der Waals surface area contributed by atoms with E-state index >= 15 is 0 Å². The predicted molar refractivity (Wildman–Crippen MR) is 52.0 cm³/mol. The molecule has 0 saturated heterocycles. The largest absolute Gasteiger partial charge is 0.396 e. The highest BCUT2D eigenvalue weighted by molar-refractivity contribution is 4.62. The van der Waals surface area contributed by atoms with Crippen LogP contribution in [-0.2, 0) is 0 Å². The van der Waals surface area contributed by atoms with E-state index in [0.29, 0.717) is 11.8 Å². The molecule has 0 aliphatic carbocycles. The molecule has 3 nitrogen and oxygen atoms in total. The number of hydrogen-bond donors (Lipinski definition) is 2. The summed E-state index contributed by atoms with van der Waals surface area (Å²) in [6.45, 7) is 7.14. The maximum atomic E-state index is 8.82. The van der Waals surface area contributed by atoms with E-state index in [1.54, 1.807) is 0 Å². The molecule has 0 fully saturated rings. The lowest BCUT2D eigenvalue weighted by Gasteiger charge is -2.22. The molecule has 0 heterocycles. The molecule has 2 atom stereocenters. The smallest absolute Gasteiger partial charge is 0.0468 e. The molecular formula is C9H22N2O. The summed E-state index contributed by atoms with van der Waals surface area (Å²) in [5, 5.41) is 8.82. The van der Waals surface area contributed by atoms with Crippen LogP contribution in [-0.4, -0.2) is 43.3 Å². The molecule has 0 aromatic carbocycles. The molecule has 0 rings (SSSR count). The van der Waals surface area contributed by atoms with E-state index in [1.807, 2.05) is 6.92 Å². The van der Waals surface area contributed by atoms with Gasteiger partial charge in [-0.15, -0.1) is 0 Å². The number of rotatable bonds is 6. The number of nitrogens with zero attached hydrogens (tertiary/aromatic N) is 1. The second kappa shape index (κ2) is 6.40. The fraction of sp³-hybridized carbons (Fsp3) is 1.00. The molecule has 0 aliphatic rings. The Labute approximate surface area is 75.6 Å². The molecule has 2 unspecified atom stereocenters. The van der Waals surface area contributed by atoms with E-state index < -0.39 is 0 Å². The van der Waals surface area contributed by atoms with Gasteiger partial charge in [0.25, 0.3) is 0 Å². The van der Waals surface area contributed by atoms with Crippen LogP contribution >= 0.6 is 0 Å². The fourth-order valence-corrected chi connectivity index (χ4v) is 1.27. The summed E-state index contributed by atoms with van der Waals surface area (Å²) in [5.74, 6) is 0.904. The number of aliphatic hydroxyl groups is 1. The van der Waals surface area contributed by atoms with Gasteiger partial charge in [0.15, 0.2) is 0 Å². The lowest BCUT2D eigenvalue weighted by Crippen LogP contribution is -2.32. The summed E-state index contributed by atoms with van der Waals surface area (Å²) in [6.07, 6.45) is 0. The Morgan fingerprint density at radius 1 is 1.25 bits per heavy atom. The topological polar surface area (TPSA) is 49.5 Å². The highest BCUT2D eigenvalue weighted by Crippen LogP contribution is 2.00. The fourth-order valence-electron chi connectivity index (χ4n) is 1.27. The van der Waals surface area contributed by atoms with Gasteiger partial charge in [0.1, 0.15) is 0 Å². The first-order chi connectivity index (χ1) is 5.60. The molecule has 0 amide bonds. The monoisotopic (exact) mass is 174 g/mol. The van der Waals surface area contributed by atoms with Gasteiger partial charge in [-0.3, -0.25) is 0 Å². The Bertz CT molecular complexity index is 96.7. The second-order valence-corrected chi connectivity index (χ2v) is 3.85. The van der Waals surface area contributed by atoms with Crippen molar-refractivity contribution in [1.82, 2.24) is 4.90 Å². The average molecular weight is 174 g/mol. The van der Waals surface area contributed by atoms with E-state index in [-0.39, 0.29) is 6.61 Å². The summed E-state index contributed by atoms with van der Waals surface area (Å²) in [5.41, 5.74) is 5.51. The summed E-state index contributed by atoms with van der Waals surface area (Å²) in [4.78, 5) is 2.22. The lowest BCUT2D eigenvalue weighted by molar-refractivity contribution is 0.181. The molecule has 3 N–H and O–H groups in total. The minimum atomic E-state index is 0.265. The SMILES string of the molecule is CC(CN)CN(C)CC(C)CO. The van der Waals surface area contributed by atoms with Crippen LogP contribution in [0.3, 0.4) is 0 Å². The van der Waals surface area contributed by atoms with Crippen LogP contribution in [0.4, 0.5) is 0 Å². The van der Waals surface area contributed by atoms with E-state index in [9.17, 15) is 0 Å². The minimum absolute atomic E-state index is 0.265. The third-order valence-electron chi connectivity index (χ3n) is 1.96. The minimum Gasteiger partial charge on any atom is -0.396 e. The van der Waals surface area contributed by atoms with Crippen molar-refractivity contribution >= 4 is 0 Å². The average Bonchev–Trinajstić information content (AvgIpc) is 2.03. The maximum absolute atomic E-state index is 8.82. The quantitative estimate of drug-likeness (QED) is 0.602. The van der Waals surface area contributed by atoms with Crippen molar-refractivity contribution in [2.24, 2.45) is 17.6 Å². The van der Waals surface area contributed by atoms with Crippen LogP contribution in [0.2, 0.25) is 0 Å². The molecular weight excluding hydrogens is 152 g/mol. The van der Waals surface area contributed by atoms with Gasteiger partial charge in [-0.25, -0.2) is 0 Å². The third kappa shape index (κ3) is 5.52.